The van der Waals surface area contributed by atoms with Gasteiger partial charge in [-0.05, 0) is 62.3 Å². The van der Waals surface area contributed by atoms with Crippen LogP contribution in [0.3, 0.4) is 0 Å². The van der Waals surface area contributed by atoms with Crippen LogP contribution >= 0.6 is 0 Å². The van der Waals surface area contributed by atoms with E-state index in [0.29, 0.717) is 13.1 Å². The molecule has 1 saturated carbocycles. The number of amides is 3. The number of nitrogens with one attached hydrogen (secondary N) is 1. The quantitative estimate of drug-likeness (QED) is 0.890. The van der Waals surface area contributed by atoms with E-state index in [9.17, 15) is 14.4 Å². The van der Waals surface area contributed by atoms with Gasteiger partial charge in [0.05, 0.1) is 0 Å². The summed E-state index contributed by atoms with van der Waals surface area (Å²) < 4.78 is 0. The van der Waals surface area contributed by atoms with Gasteiger partial charge in [-0.1, -0.05) is 0 Å². The standard InChI is InChI=1S/C21H27N3O3/c1-14(25)24-10-2-3-17-13-18(6-7-19(17)24)22-20(26)15-8-11-23(12-9-15)21(27)16-4-5-16/h6-7,13,15-16H,2-5,8-12H2,1H3,(H,22,26). The van der Waals surface area contributed by atoms with Gasteiger partial charge in [0.2, 0.25) is 17.7 Å². The molecule has 144 valence electrons. The van der Waals surface area contributed by atoms with Crippen LogP contribution in [-0.4, -0.2) is 42.3 Å². The highest BCUT2D eigenvalue weighted by atomic mass is 16.2. The maximum absolute atomic E-state index is 12.7. The minimum absolute atomic E-state index is 0.0349. The van der Waals surface area contributed by atoms with Crippen LogP contribution in [0.4, 0.5) is 11.4 Å². The van der Waals surface area contributed by atoms with Gasteiger partial charge < -0.3 is 15.1 Å². The number of piperidine rings is 1. The molecule has 1 aliphatic carbocycles. The van der Waals surface area contributed by atoms with Crippen molar-refractivity contribution in [1.29, 1.82) is 0 Å². The van der Waals surface area contributed by atoms with Crippen molar-refractivity contribution in [2.24, 2.45) is 11.8 Å². The molecular formula is C21H27N3O3. The number of anilines is 2. The van der Waals surface area contributed by atoms with Crippen LogP contribution in [0.25, 0.3) is 0 Å². The van der Waals surface area contributed by atoms with Crippen LogP contribution in [-0.2, 0) is 20.8 Å². The van der Waals surface area contributed by atoms with Gasteiger partial charge in [0, 0.05) is 49.8 Å². The fourth-order valence-electron chi connectivity index (χ4n) is 4.20. The summed E-state index contributed by atoms with van der Waals surface area (Å²) in [6.07, 6.45) is 5.37. The molecule has 0 spiro atoms. The number of benzene rings is 1. The average molecular weight is 369 g/mol. The van der Waals surface area contributed by atoms with Crippen molar-refractivity contribution in [1.82, 2.24) is 4.90 Å². The Labute approximate surface area is 159 Å². The summed E-state index contributed by atoms with van der Waals surface area (Å²) >= 11 is 0. The first kappa shape index (κ1) is 18.0. The Morgan fingerprint density at radius 1 is 1.00 bits per heavy atom. The van der Waals surface area contributed by atoms with Crippen LogP contribution in [0.1, 0.15) is 44.6 Å². The number of hydrogen-bond acceptors (Lipinski definition) is 3. The minimum Gasteiger partial charge on any atom is -0.342 e. The Hall–Kier alpha value is -2.37. The fourth-order valence-corrected chi connectivity index (χ4v) is 4.20. The Bertz CT molecular complexity index is 764. The van der Waals surface area contributed by atoms with Gasteiger partial charge in [0.25, 0.3) is 0 Å². The first-order valence-electron chi connectivity index (χ1n) is 10.0. The Kier molecular flexibility index (Phi) is 4.89. The van der Waals surface area contributed by atoms with E-state index in [1.165, 1.54) is 0 Å². The number of aryl methyl sites for hydroxylation is 1. The van der Waals surface area contributed by atoms with Crippen molar-refractivity contribution in [3.63, 3.8) is 0 Å². The molecule has 0 atom stereocenters. The molecule has 1 aromatic rings. The minimum atomic E-state index is -0.0435. The van der Waals surface area contributed by atoms with Gasteiger partial charge in [-0.3, -0.25) is 14.4 Å². The lowest BCUT2D eigenvalue weighted by Crippen LogP contribution is -2.42. The van der Waals surface area contributed by atoms with Crippen molar-refractivity contribution in [3.8, 4) is 0 Å². The average Bonchev–Trinajstić information content (AvgIpc) is 3.52. The number of fused-ring (bicyclic) bond motifs is 1. The molecule has 2 fully saturated rings. The van der Waals surface area contributed by atoms with Gasteiger partial charge in [-0.25, -0.2) is 0 Å². The van der Waals surface area contributed by atoms with E-state index in [0.717, 1.165) is 62.0 Å². The largest absolute Gasteiger partial charge is 0.342 e. The lowest BCUT2D eigenvalue weighted by Gasteiger charge is -2.32. The molecule has 6 nitrogen and oxygen atoms in total. The number of carbonyl (C=O) groups is 3. The predicted molar refractivity (Wildman–Crippen MR) is 103 cm³/mol. The zero-order valence-electron chi connectivity index (χ0n) is 15.9. The van der Waals surface area contributed by atoms with E-state index in [4.69, 9.17) is 0 Å². The second-order valence-corrected chi connectivity index (χ2v) is 7.98. The highest BCUT2D eigenvalue weighted by Gasteiger charge is 2.36. The zero-order chi connectivity index (χ0) is 19.0. The molecule has 1 aromatic carbocycles. The first-order chi connectivity index (χ1) is 13.0. The molecule has 0 unspecified atom stereocenters. The molecule has 2 heterocycles. The fraction of sp³-hybridized carbons (Fsp3) is 0.571. The number of hydrogen-bond donors (Lipinski definition) is 1. The maximum atomic E-state index is 12.7. The maximum Gasteiger partial charge on any atom is 0.227 e. The summed E-state index contributed by atoms with van der Waals surface area (Å²) in [5, 5.41) is 3.04. The molecule has 2 aliphatic heterocycles. The molecule has 0 bridgehead atoms. The first-order valence-corrected chi connectivity index (χ1v) is 10.0. The van der Waals surface area contributed by atoms with E-state index >= 15 is 0 Å². The summed E-state index contributed by atoms with van der Waals surface area (Å²) in [7, 11) is 0. The van der Waals surface area contributed by atoms with E-state index in [1.807, 2.05) is 23.1 Å². The summed E-state index contributed by atoms with van der Waals surface area (Å²) in [5.74, 6) is 0.574. The number of nitrogens with zero attached hydrogens (tertiary/aromatic N) is 2. The highest BCUT2D eigenvalue weighted by Crippen LogP contribution is 2.33. The molecule has 3 amide bonds. The number of rotatable bonds is 3. The van der Waals surface area contributed by atoms with Crippen LogP contribution in [0, 0.1) is 11.8 Å². The Morgan fingerprint density at radius 2 is 1.74 bits per heavy atom. The van der Waals surface area contributed by atoms with Crippen molar-refractivity contribution < 1.29 is 14.4 Å². The van der Waals surface area contributed by atoms with E-state index in [2.05, 4.69) is 5.32 Å². The van der Waals surface area contributed by atoms with Gasteiger partial charge in [-0.2, -0.15) is 0 Å². The van der Waals surface area contributed by atoms with Crippen LogP contribution in [0.2, 0.25) is 0 Å². The van der Waals surface area contributed by atoms with Gasteiger partial charge in [0.1, 0.15) is 0 Å². The van der Waals surface area contributed by atoms with Crippen molar-refractivity contribution in [2.75, 3.05) is 29.9 Å². The topological polar surface area (TPSA) is 69.7 Å². The normalized spacial score (nSPS) is 20.2. The molecule has 27 heavy (non-hydrogen) atoms. The van der Waals surface area contributed by atoms with Crippen molar-refractivity contribution in [3.05, 3.63) is 23.8 Å². The lowest BCUT2D eigenvalue weighted by atomic mass is 9.95. The predicted octanol–water partition coefficient (Wildman–Crippen LogP) is 2.57. The summed E-state index contributed by atoms with van der Waals surface area (Å²) in [5.41, 5.74) is 2.86. The summed E-state index contributed by atoms with van der Waals surface area (Å²) in [4.78, 5) is 40.3. The monoisotopic (exact) mass is 369 g/mol. The third-order valence-corrected chi connectivity index (χ3v) is 5.95. The smallest absolute Gasteiger partial charge is 0.227 e. The lowest BCUT2D eigenvalue weighted by molar-refractivity contribution is -0.135. The van der Waals surface area contributed by atoms with E-state index in [-0.39, 0.29) is 29.6 Å². The van der Waals surface area contributed by atoms with Crippen LogP contribution in [0.5, 0.6) is 0 Å². The summed E-state index contributed by atoms with van der Waals surface area (Å²) in [6, 6.07) is 5.81. The summed E-state index contributed by atoms with van der Waals surface area (Å²) in [6.45, 7) is 3.72. The molecule has 4 rings (SSSR count). The van der Waals surface area contributed by atoms with Crippen LogP contribution < -0.4 is 10.2 Å². The number of carbonyl (C=O) groups excluding carboxylic acids is 3. The van der Waals surface area contributed by atoms with Crippen molar-refractivity contribution >= 4 is 29.1 Å². The molecule has 6 heteroatoms. The van der Waals surface area contributed by atoms with E-state index < -0.39 is 0 Å². The highest BCUT2D eigenvalue weighted by molar-refractivity contribution is 5.95. The molecule has 0 aromatic heterocycles. The van der Waals surface area contributed by atoms with Gasteiger partial charge in [-0.15, -0.1) is 0 Å². The molecule has 1 saturated heterocycles. The molecule has 0 radical (unpaired) electrons. The third kappa shape index (κ3) is 3.84. The molecular weight excluding hydrogens is 342 g/mol. The van der Waals surface area contributed by atoms with Crippen LogP contribution in [0.15, 0.2) is 18.2 Å². The zero-order valence-corrected chi connectivity index (χ0v) is 15.9. The molecule has 3 aliphatic rings. The van der Waals surface area contributed by atoms with E-state index in [1.54, 1.807) is 11.8 Å². The number of likely N-dealkylation sites (tertiary alicyclic amines) is 1. The Balaban J connectivity index is 1.36. The Morgan fingerprint density at radius 3 is 2.41 bits per heavy atom. The SMILES string of the molecule is CC(=O)N1CCCc2cc(NC(=O)C3CCN(C(=O)C4CC4)CC3)ccc21. The molecule has 1 N–H and O–H groups in total. The second-order valence-electron chi connectivity index (χ2n) is 7.98. The van der Waals surface area contributed by atoms with Gasteiger partial charge >= 0.3 is 0 Å². The third-order valence-electron chi connectivity index (χ3n) is 5.95. The second kappa shape index (κ2) is 7.33. The van der Waals surface area contributed by atoms with Gasteiger partial charge in [0.15, 0.2) is 0 Å². The van der Waals surface area contributed by atoms with Crippen molar-refractivity contribution in [2.45, 2.75) is 45.4 Å².